The van der Waals surface area contributed by atoms with Crippen molar-refractivity contribution in [2.75, 3.05) is 53.0 Å². The van der Waals surface area contributed by atoms with E-state index in [2.05, 4.69) is 31.9 Å². The molecule has 1 fully saturated rings. The molecule has 4 aromatic rings. The molecule has 13 nitrogen and oxygen atoms in total. The second kappa shape index (κ2) is 13.1. The van der Waals surface area contributed by atoms with E-state index in [4.69, 9.17) is 14.5 Å². The predicted octanol–water partition coefficient (Wildman–Crippen LogP) is 1.93. The molecular weight excluding hydrogens is 560 g/mol. The lowest BCUT2D eigenvalue weighted by atomic mass is 10.2. The highest BCUT2D eigenvalue weighted by atomic mass is 32.2. The quantitative estimate of drug-likeness (QED) is 0.241. The van der Waals surface area contributed by atoms with E-state index in [1.165, 1.54) is 16.6 Å². The number of sulfonamides is 1. The molecule has 0 aromatic carbocycles. The third-order valence-electron chi connectivity index (χ3n) is 7.30. The first-order valence-electron chi connectivity index (χ1n) is 14.1. The largest absolute Gasteiger partial charge is 0.477 e. The van der Waals surface area contributed by atoms with Gasteiger partial charge in [0, 0.05) is 52.5 Å². The van der Waals surface area contributed by atoms with Crippen LogP contribution in [0.15, 0.2) is 46.3 Å². The number of aromatic amines is 1. The highest BCUT2D eigenvalue weighted by Gasteiger charge is 2.30. The first kappa shape index (κ1) is 29.8. The van der Waals surface area contributed by atoms with Crippen molar-refractivity contribution in [2.45, 2.75) is 38.1 Å². The third-order valence-corrected chi connectivity index (χ3v) is 9.17. The van der Waals surface area contributed by atoms with Gasteiger partial charge in [-0.3, -0.25) is 14.5 Å². The van der Waals surface area contributed by atoms with Crippen LogP contribution in [0, 0.1) is 0 Å². The number of likely N-dealkylation sites (N-methyl/N-ethyl adjacent to an activating group) is 1. The lowest BCUT2D eigenvalue weighted by Crippen LogP contribution is -2.48. The zero-order valence-corrected chi connectivity index (χ0v) is 24.9. The molecule has 1 aliphatic heterocycles. The molecule has 0 unspecified atom stereocenters. The molecule has 14 heteroatoms. The van der Waals surface area contributed by atoms with Gasteiger partial charge in [-0.2, -0.15) is 9.40 Å². The molecule has 1 N–H and O–H groups in total. The Hall–Kier alpha value is -3.72. The van der Waals surface area contributed by atoms with Crippen molar-refractivity contribution in [1.82, 2.24) is 38.9 Å². The zero-order valence-electron chi connectivity index (χ0n) is 24.1. The average Bonchev–Trinajstić information content (AvgIpc) is 3.37. The van der Waals surface area contributed by atoms with Crippen LogP contribution in [-0.2, 0) is 27.7 Å². The molecule has 0 bridgehead atoms. The van der Waals surface area contributed by atoms with E-state index in [0.717, 1.165) is 17.9 Å². The van der Waals surface area contributed by atoms with Gasteiger partial charge in [-0.25, -0.2) is 18.4 Å². The Morgan fingerprint density at radius 3 is 2.55 bits per heavy atom. The van der Waals surface area contributed by atoms with Crippen molar-refractivity contribution >= 4 is 21.1 Å². The van der Waals surface area contributed by atoms with Crippen LogP contribution in [0.2, 0.25) is 0 Å². The van der Waals surface area contributed by atoms with Crippen molar-refractivity contribution < 1.29 is 17.9 Å². The molecule has 4 aromatic heterocycles. The average molecular weight is 597 g/mol. The summed E-state index contributed by atoms with van der Waals surface area (Å²) in [5.74, 6) is 0.323. The number of ether oxygens (including phenoxy) is 2. The molecule has 5 heterocycles. The second-order valence-electron chi connectivity index (χ2n) is 9.95. The summed E-state index contributed by atoms with van der Waals surface area (Å²) in [6.07, 6.45) is 4.17. The Labute approximate surface area is 244 Å². The molecule has 0 spiro atoms. The van der Waals surface area contributed by atoms with E-state index in [-0.39, 0.29) is 34.3 Å². The summed E-state index contributed by atoms with van der Waals surface area (Å²) in [7, 11) is -2.24. The maximum atomic E-state index is 13.6. The van der Waals surface area contributed by atoms with Gasteiger partial charge in [-0.15, -0.1) is 0 Å². The van der Waals surface area contributed by atoms with Gasteiger partial charge in [0.1, 0.15) is 16.2 Å². The number of aromatic nitrogens is 6. The fourth-order valence-electron chi connectivity index (χ4n) is 4.98. The molecule has 42 heavy (non-hydrogen) atoms. The highest BCUT2D eigenvalue weighted by molar-refractivity contribution is 7.89. The van der Waals surface area contributed by atoms with Crippen LogP contribution < -0.4 is 10.3 Å². The Morgan fingerprint density at radius 2 is 1.86 bits per heavy atom. The molecule has 5 rings (SSSR count). The first-order chi connectivity index (χ1) is 20.3. The number of nitrogens with zero attached hydrogens (tertiary/aromatic N) is 7. The normalized spacial score (nSPS) is 14.9. The Morgan fingerprint density at radius 1 is 1.05 bits per heavy atom. The topological polar surface area (TPSA) is 148 Å². The van der Waals surface area contributed by atoms with Gasteiger partial charge in [-0.1, -0.05) is 19.9 Å². The van der Waals surface area contributed by atoms with Crippen molar-refractivity contribution in [3.05, 3.63) is 58.4 Å². The minimum Gasteiger partial charge on any atom is -0.477 e. The van der Waals surface area contributed by atoms with Crippen molar-refractivity contribution in [2.24, 2.45) is 0 Å². The molecule has 0 amide bonds. The SMILES string of the molecule is CCc1c2nc(-c3cc(S(=O)(=O)N4CCN(CC)CC4)cnc3OCCCOC)[nH]c(=O)c2nn1Cc1ccccn1. The summed E-state index contributed by atoms with van der Waals surface area (Å²) in [5.41, 5.74) is 2.01. The molecule has 1 aliphatic rings. The van der Waals surface area contributed by atoms with E-state index >= 15 is 0 Å². The summed E-state index contributed by atoms with van der Waals surface area (Å²) in [4.78, 5) is 31.9. The molecular formula is C28H36N8O5S. The zero-order chi connectivity index (χ0) is 29.7. The lowest BCUT2D eigenvalue weighted by Gasteiger charge is -2.33. The molecule has 1 saturated heterocycles. The first-order valence-corrected chi connectivity index (χ1v) is 15.5. The fourth-order valence-corrected chi connectivity index (χ4v) is 6.38. The van der Waals surface area contributed by atoms with Crippen molar-refractivity contribution in [3.8, 4) is 17.3 Å². The minimum atomic E-state index is -3.84. The second-order valence-corrected chi connectivity index (χ2v) is 11.9. The number of piperazine rings is 1. The number of nitrogens with one attached hydrogen (secondary N) is 1. The van der Waals surface area contributed by atoms with E-state index in [1.807, 2.05) is 25.1 Å². The van der Waals surface area contributed by atoms with Gasteiger partial charge < -0.3 is 19.4 Å². The van der Waals surface area contributed by atoms with Crippen LogP contribution in [0.1, 0.15) is 31.7 Å². The van der Waals surface area contributed by atoms with Crippen LogP contribution in [-0.4, -0.2) is 100 Å². The van der Waals surface area contributed by atoms with Gasteiger partial charge in [0.15, 0.2) is 5.52 Å². The van der Waals surface area contributed by atoms with Crippen LogP contribution in [0.3, 0.4) is 0 Å². The van der Waals surface area contributed by atoms with Crippen LogP contribution in [0.25, 0.3) is 22.4 Å². The standard InChI is InChI=1S/C28H36N8O5S/c1-4-23-24-25(33-36(23)19-20-9-6-7-10-29-20)27(37)32-26(31-24)22-17-21(18-30-28(22)41-16-8-15-40-3)42(38,39)35-13-11-34(5-2)12-14-35/h6-7,9-10,17-18H,4-5,8,11-16,19H2,1-3H3,(H,31,32,37). The summed E-state index contributed by atoms with van der Waals surface area (Å²) in [6, 6.07) is 7.10. The third kappa shape index (κ3) is 6.21. The monoisotopic (exact) mass is 596 g/mol. The molecule has 0 radical (unpaired) electrons. The van der Waals surface area contributed by atoms with Gasteiger partial charge in [0.25, 0.3) is 5.56 Å². The fraction of sp³-hybridized carbons (Fsp3) is 0.464. The van der Waals surface area contributed by atoms with Gasteiger partial charge in [-0.05, 0) is 31.2 Å². The molecule has 0 saturated carbocycles. The van der Waals surface area contributed by atoms with E-state index < -0.39 is 15.6 Å². The van der Waals surface area contributed by atoms with Gasteiger partial charge >= 0.3 is 0 Å². The Kier molecular flexibility index (Phi) is 9.26. The van der Waals surface area contributed by atoms with Crippen LogP contribution in [0.4, 0.5) is 0 Å². The molecule has 0 atom stereocenters. The van der Waals surface area contributed by atoms with Crippen molar-refractivity contribution in [3.63, 3.8) is 0 Å². The Balaban J connectivity index is 1.57. The van der Waals surface area contributed by atoms with E-state index in [0.29, 0.717) is 57.7 Å². The van der Waals surface area contributed by atoms with Gasteiger partial charge in [0.2, 0.25) is 15.9 Å². The number of H-pyrrole nitrogens is 1. The van der Waals surface area contributed by atoms with E-state index in [1.54, 1.807) is 18.0 Å². The van der Waals surface area contributed by atoms with E-state index in [9.17, 15) is 13.2 Å². The van der Waals surface area contributed by atoms with Gasteiger partial charge in [0.05, 0.1) is 36.3 Å². The number of pyridine rings is 2. The smallest absolute Gasteiger partial charge is 0.279 e. The molecule has 0 aliphatic carbocycles. The number of hydrogen-bond acceptors (Lipinski definition) is 10. The number of aryl methyl sites for hydroxylation is 1. The minimum absolute atomic E-state index is 0.0102. The van der Waals surface area contributed by atoms with Crippen molar-refractivity contribution in [1.29, 1.82) is 0 Å². The summed E-state index contributed by atoms with van der Waals surface area (Å²) >= 11 is 0. The lowest BCUT2D eigenvalue weighted by molar-refractivity contribution is 0.170. The maximum Gasteiger partial charge on any atom is 0.279 e. The molecule has 224 valence electrons. The predicted molar refractivity (Wildman–Crippen MR) is 157 cm³/mol. The summed E-state index contributed by atoms with van der Waals surface area (Å²) < 4.78 is 41.5. The number of fused-ring (bicyclic) bond motifs is 1. The number of rotatable bonds is 12. The van der Waals surface area contributed by atoms with Crippen LogP contribution >= 0.6 is 0 Å². The van der Waals surface area contributed by atoms with Crippen LogP contribution in [0.5, 0.6) is 5.88 Å². The number of methoxy groups -OCH3 is 1. The summed E-state index contributed by atoms with van der Waals surface area (Å²) in [6.45, 7) is 8.13. The number of hydrogen-bond donors (Lipinski definition) is 1. The Bertz CT molecular complexity index is 1680. The maximum absolute atomic E-state index is 13.6. The summed E-state index contributed by atoms with van der Waals surface area (Å²) in [5, 5.41) is 4.54. The highest BCUT2D eigenvalue weighted by Crippen LogP contribution is 2.30.